The highest BCUT2D eigenvalue weighted by atomic mass is 35.5. The van der Waals surface area contributed by atoms with Crippen LogP contribution in [0.4, 0.5) is 0 Å². The molecule has 2 heterocycles. The molecule has 3 aromatic rings. The fraction of sp³-hybridized carbons (Fsp3) is 0.300. The minimum atomic E-state index is -3.59. The molecule has 0 saturated carbocycles. The van der Waals surface area contributed by atoms with Gasteiger partial charge in [0.25, 0.3) is 0 Å². The fourth-order valence-electron chi connectivity index (χ4n) is 3.27. The number of hydrogen-bond acceptors (Lipinski definition) is 6. The zero-order chi connectivity index (χ0) is 20.4. The van der Waals surface area contributed by atoms with Gasteiger partial charge < -0.3 is 9.15 Å². The first-order valence-electron chi connectivity index (χ1n) is 9.27. The lowest BCUT2D eigenvalue weighted by Crippen LogP contribution is -2.35. The van der Waals surface area contributed by atoms with Crippen LogP contribution in [0.25, 0.3) is 22.9 Å². The van der Waals surface area contributed by atoms with Crippen LogP contribution in [0.1, 0.15) is 19.3 Å². The summed E-state index contributed by atoms with van der Waals surface area (Å²) in [4.78, 5) is 0.169. The molecule has 0 aliphatic carbocycles. The standard InChI is InChI=1S/C20H20ClN3O4S/c1-27-15-7-5-14(6-8-15)19-22-23-20(28-19)17-13-16(9-10-18(17)21)29(25,26)24-11-3-2-4-12-24/h5-10,13H,2-4,11-12H2,1H3. The number of nitrogens with zero attached hydrogens (tertiary/aromatic N) is 3. The van der Waals surface area contributed by atoms with Gasteiger partial charge in [-0.3, -0.25) is 0 Å². The number of benzene rings is 2. The van der Waals surface area contributed by atoms with Crippen LogP contribution in [-0.2, 0) is 10.0 Å². The molecule has 0 spiro atoms. The first-order valence-corrected chi connectivity index (χ1v) is 11.1. The summed E-state index contributed by atoms with van der Waals surface area (Å²) in [5.74, 6) is 1.19. The van der Waals surface area contributed by atoms with Crippen LogP contribution in [-0.4, -0.2) is 43.1 Å². The lowest BCUT2D eigenvalue weighted by atomic mass is 10.2. The van der Waals surface area contributed by atoms with Crippen molar-refractivity contribution in [1.82, 2.24) is 14.5 Å². The van der Waals surface area contributed by atoms with Gasteiger partial charge in [-0.2, -0.15) is 4.31 Å². The van der Waals surface area contributed by atoms with E-state index in [1.807, 2.05) is 0 Å². The number of ether oxygens (including phenoxy) is 1. The SMILES string of the molecule is COc1ccc(-c2nnc(-c3cc(S(=O)(=O)N4CCCCC4)ccc3Cl)o2)cc1. The Morgan fingerprint density at radius 3 is 2.38 bits per heavy atom. The third kappa shape index (κ3) is 4.01. The Balaban J connectivity index is 1.67. The molecule has 29 heavy (non-hydrogen) atoms. The van der Waals surface area contributed by atoms with Crippen LogP contribution in [0.15, 0.2) is 51.8 Å². The molecule has 0 bridgehead atoms. The highest BCUT2D eigenvalue weighted by molar-refractivity contribution is 7.89. The van der Waals surface area contributed by atoms with Crippen LogP contribution >= 0.6 is 11.6 Å². The van der Waals surface area contributed by atoms with Crippen molar-refractivity contribution >= 4 is 21.6 Å². The maximum absolute atomic E-state index is 13.0. The molecule has 9 heteroatoms. The Bertz CT molecular complexity index is 1110. The lowest BCUT2D eigenvalue weighted by molar-refractivity contribution is 0.346. The molecule has 2 aromatic carbocycles. The smallest absolute Gasteiger partial charge is 0.249 e. The molecule has 0 atom stereocenters. The highest BCUT2D eigenvalue weighted by Gasteiger charge is 2.27. The van der Waals surface area contributed by atoms with Crippen LogP contribution in [0.3, 0.4) is 0 Å². The topological polar surface area (TPSA) is 85.5 Å². The molecule has 1 fully saturated rings. The summed E-state index contributed by atoms with van der Waals surface area (Å²) < 4.78 is 38.4. The predicted octanol–water partition coefficient (Wildman–Crippen LogP) is 4.24. The molecule has 1 aromatic heterocycles. The van der Waals surface area contributed by atoms with E-state index in [4.69, 9.17) is 20.8 Å². The van der Waals surface area contributed by atoms with Crippen molar-refractivity contribution in [3.05, 3.63) is 47.5 Å². The number of piperidine rings is 1. The van der Waals surface area contributed by atoms with E-state index in [1.54, 1.807) is 37.4 Å². The molecule has 7 nitrogen and oxygen atoms in total. The average molecular weight is 434 g/mol. The van der Waals surface area contributed by atoms with Gasteiger partial charge in [-0.05, 0) is 55.3 Å². The van der Waals surface area contributed by atoms with Crippen molar-refractivity contribution in [2.24, 2.45) is 0 Å². The molecule has 0 radical (unpaired) electrons. The highest BCUT2D eigenvalue weighted by Crippen LogP contribution is 2.33. The summed E-state index contributed by atoms with van der Waals surface area (Å²) in [6.45, 7) is 1.06. The molecule has 1 saturated heterocycles. The summed E-state index contributed by atoms with van der Waals surface area (Å²) in [5.41, 5.74) is 1.11. The van der Waals surface area contributed by atoms with Crippen molar-refractivity contribution in [3.63, 3.8) is 0 Å². The van der Waals surface area contributed by atoms with E-state index in [9.17, 15) is 8.42 Å². The van der Waals surface area contributed by atoms with Gasteiger partial charge in [0.1, 0.15) is 5.75 Å². The van der Waals surface area contributed by atoms with Gasteiger partial charge in [0.2, 0.25) is 21.8 Å². The maximum Gasteiger partial charge on any atom is 0.249 e. The molecule has 152 valence electrons. The Morgan fingerprint density at radius 1 is 1.00 bits per heavy atom. The van der Waals surface area contributed by atoms with Crippen LogP contribution in [0, 0.1) is 0 Å². The van der Waals surface area contributed by atoms with Crippen LogP contribution in [0.5, 0.6) is 5.75 Å². The van der Waals surface area contributed by atoms with Gasteiger partial charge in [0, 0.05) is 18.7 Å². The maximum atomic E-state index is 13.0. The number of halogens is 1. The van der Waals surface area contributed by atoms with Gasteiger partial charge in [-0.25, -0.2) is 8.42 Å². The zero-order valence-electron chi connectivity index (χ0n) is 15.8. The number of aromatic nitrogens is 2. The van der Waals surface area contributed by atoms with Gasteiger partial charge >= 0.3 is 0 Å². The predicted molar refractivity (Wildman–Crippen MR) is 109 cm³/mol. The third-order valence-corrected chi connectivity index (χ3v) is 7.11. The summed E-state index contributed by atoms with van der Waals surface area (Å²) in [7, 11) is -2.00. The van der Waals surface area contributed by atoms with E-state index < -0.39 is 10.0 Å². The molecule has 1 aliphatic heterocycles. The first-order chi connectivity index (χ1) is 14.0. The monoisotopic (exact) mass is 433 g/mol. The van der Waals surface area contributed by atoms with E-state index in [0.717, 1.165) is 24.8 Å². The second-order valence-electron chi connectivity index (χ2n) is 6.75. The van der Waals surface area contributed by atoms with E-state index in [0.29, 0.717) is 35.3 Å². The molecule has 0 amide bonds. The third-order valence-electron chi connectivity index (χ3n) is 4.88. The second kappa shape index (κ2) is 8.14. The Morgan fingerprint density at radius 2 is 1.69 bits per heavy atom. The summed E-state index contributed by atoms with van der Waals surface area (Å²) in [5, 5.41) is 8.47. The van der Waals surface area contributed by atoms with E-state index in [1.165, 1.54) is 16.4 Å². The van der Waals surface area contributed by atoms with Crippen molar-refractivity contribution in [3.8, 4) is 28.7 Å². The number of methoxy groups -OCH3 is 1. The number of sulfonamides is 1. The zero-order valence-corrected chi connectivity index (χ0v) is 17.4. The minimum absolute atomic E-state index is 0.163. The van der Waals surface area contributed by atoms with Crippen molar-refractivity contribution < 1.29 is 17.6 Å². The van der Waals surface area contributed by atoms with E-state index in [-0.39, 0.29) is 10.8 Å². The summed E-state index contributed by atoms with van der Waals surface area (Å²) in [6.07, 6.45) is 2.79. The first kappa shape index (κ1) is 19.9. The Kier molecular flexibility index (Phi) is 5.58. The van der Waals surface area contributed by atoms with Crippen LogP contribution < -0.4 is 4.74 Å². The molecular weight excluding hydrogens is 414 g/mol. The number of rotatable bonds is 5. The Hall–Kier alpha value is -2.42. The normalized spacial score (nSPS) is 15.4. The summed E-state index contributed by atoms with van der Waals surface area (Å²) in [6, 6.07) is 11.7. The molecule has 4 rings (SSSR count). The van der Waals surface area contributed by atoms with Crippen molar-refractivity contribution in [2.75, 3.05) is 20.2 Å². The second-order valence-corrected chi connectivity index (χ2v) is 9.09. The van der Waals surface area contributed by atoms with Gasteiger partial charge in [0.05, 0.1) is 22.6 Å². The molecule has 1 aliphatic rings. The molecular formula is C20H20ClN3O4S. The van der Waals surface area contributed by atoms with Crippen molar-refractivity contribution in [2.45, 2.75) is 24.2 Å². The lowest BCUT2D eigenvalue weighted by Gasteiger charge is -2.26. The van der Waals surface area contributed by atoms with Gasteiger partial charge in [-0.15, -0.1) is 10.2 Å². The summed E-state index contributed by atoms with van der Waals surface area (Å²) >= 11 is 6.31. The minimum Gasteiger partial charge on any atom is -0.497 e. The van der Waals surface area contributed by atoms with Crippen molar-refractivity contribution in [1.29, 1.82) is 0 Å². The molecule has 0 unspecified atom stereocenters. The Labute approximate surface area is 174 Å². The quantitative estimate of drug-likeness (QED) is 0.598. The van der Waals surface area contributed by atoms with E-state index in [2.05, 4.69) is 10.2 Å². The number of hydrogen-bond donors (Lipinski definition) is 0. The largest absolute Gasteiger partial charge is 0.497 e. The fourth-order valence-corrected chi connectivity index (χ4v) is 5.01. The average Bonchev–Trinajstić information content (AvgIpc) is 3.24. The van der Waals surface area contributed by atoms with E-state index >= 15 is 0 Å². The molecule has 0 N–H and O–H groups in total. The van der Waals surface area contributed by atoms with Gasteiger partial charge in [0.15, 0.2) is 0 Å². The van der Waals surface area contributed by atoms with Gasteiger partial charge in [-0.1, -0.05) is 18.0 Å². The van der Waals surface area contributed by atoms with Crippen LogP contribution in [0.2, 0.25) is 5.02 Å².